The maximum absolute atomic E-state index is 13.5. The lowest BCUT2D eigenvalue weighted by Crippen LogP contribution is -2.44. The number of aliphatic carboxylic acids is 1. The molecule has 0 amide bonds. The molecule has 1 aromatic carbocycles. The van der Waals surface area contributed by atoms with Gasteiger partial charge in [-0.25, -0.2) is 4.39 Å². The molecule has 5 heteroatoms. The summed E-state index contributed by atoms with van der Waals surface area (Å²) in [4.78, 5) is 12.7. The lowest BCUT2D eigenvalue weighted by Gasteiger charge is -2.22. The van der Waals surface area contributed by atoms with Crippen molar-refractivity contribution >= 4 is 11.7 Å². The number of carboxylic acid groups (broad SMARTS) is 1. The zero-order valence-electron chi connectivity index (χ0n) is 11.4. The molecule has 0 heterocycles. The average Bonchev–Trinajstić information content (AvgIpc) is 2.34. The summed E-state index contributed by atoms with van der Waals surface area (Å²) in [5.41, 5.74) is 5.01. The van der Waals surface area contributed by atoms with E-state index >= 15 is 0 Å². The summed E-state index contributed by atoms with van der Waals surface area (Å²) in [6, 6.07) is 6.59. The molecular weight excluding hydrogens is 247 g/mol. The first-order chi connectivity index (χ1) is 8.84. The lowest BCUT2D eigenvalue weighted by atomic mass is 9.96. The fourth-order valence-corrected chi connectivity index (χ4v) is 1.83. The van der Waals surface area contributed by atoms with Crippen LogP contribution >= 0.6 is 0 Å². The maximum atomic E-state index is 13.5. The van der Waals surface area contributed by atoms with Gasteiger partial charge in [-0.1, -0.05) is 12.1 Å². The minimum atomic E-state index is -1.18. The van der Waals surface area contributed by atoms with E-state index in [9.17, 15) is 9.18 Å². The standard InChI is InChI=1S/C14H21FN2O2/c1-14(16,13(18)19)9-5-6-10-17(2)12-8-4-3-7-11(12)15/h3-4,7-8H,5-6,9-10,16H2,1-2H3,(H,18,19). The molecule has 0 radical (unpaired) electrons. The molecule has 3 N–H and O–H groups in total. The van der Waals surface area contributed by atoms with Crippen molar-refractivity contribution in [1.29, 1.82) is 0 Å². The quantitative estimate of drug-likeness (QED) is 0.744. The van der Waals surface area contributed by atoms with Gasteiger partial charge in [0.15, 0.2) is 0 Å². The molecule has 1 aromatic rings. The number of unbranched alkanes of at least 4 members (excludes halogenated alkanes) is 1. The average molecular weight is 268 g/mol. The highest BCUT2D eigenvalue weighted by Crippen LogP contribution is 2.18. The van der Waals surface area contributed by atoms with Crippen LogP contribution < -0.4 is 10.6 Å². The number of halogens is 1. The molecule has 106 valence electrons. The van der Waals surface area contributed by atoms with Gasteiger partial charge in [0.2, 0.25) is 0 Å². The summed E-state index contributed by atoms with van der Waals surface area (Å²) in [6.45, 7) is 2.17. The highest BCUT2D eigenvalue weighted by atomic mass is 19.1. The van der Waals surface area contributed by atoms with Gasteiger partial charge in [-0.15, -0.1) is 0 Å². The van der Waals surface area contributed by atoms with E-state index in [2.05, 4.69) is 0 Å². The highest BCUT2D eigenvalue weighted by molar-refractivity contribution is 5.77. The van der Waals surface area contributed by atoms with E-state index < -0.39 is 11.5 Å². The topological polar surface area (TPSA) is 66.6 Å². The van der Waals surface area contributed by atoms with Crippen molar-refractivity contribution in [3.63, 3.8) is 0 Å². The van der Waals surface area contributed by atoms with Crippen LogP contribution in [-0.4, -0.2) is 30.2 Å². The van der Waals surface area contributed by atoms with E-state index in [4.69, 9.17) is 10.8 Å². The molecule has 0 saturated heterocycles. The molecule has 0 fully saturated rings. The van der Waals surface area contributed by atoms with Crippen LogP contribution in [0.1, 0.15) is 26.2 Å². The van der Waals surface area contributed by atoms with Crippen LogP contribution in [0.25, 0.3) is 0 Å². The van der Waals surface area contributed by atoms with Gasteiger partial charge in [0.1, 0.15) is 11.4 Å². The second-order valence-corrected chi connectivity index (χ2v) is 5.05. The molecular formula is C14H21FN2O2. The van der Waals surface area contributed by atoms with Gasteiger partial charge >= 0.3 is 5.97 Å². The van der Waals surface area contributed by atoms with E-state index in [0.29, 0.717) is 25.1 Å². The fourth-order valence-electron chi connectivity index (χ4n) is 1.83. The van der Waals surface area contributed by atoms with Gasteiger partial charge in [-0.3, -0.25) is 4.79 Å². The zero-order valence-corrected chi connectivity index (χ0v) is 11.4. The third-order valence-corrected chi connectivity index (χ3v) is 3.19. The van der Waals surface area contributed by atoms with Crippen LogP contribution in [0.2, 0.25) is 0 Å². The summed E-state index contributed by atoms with van der Waals surface area (Å²) >= 11 is 0. The van der Waals surface area contributed by atoms with Gasteiger partial charge in [0.25, 0.3) is 0 Å². The smallest absolute Gasteiger partial charge is 0.323 e. The third kappa shape index (κ3) is 4.52. The monoisotopic (exact) mass is 268 g/mol. The van der Waals surface area contributed by atoms with Crippen molar-refractivity contribution in [3.05, 3.63) is 30.1 Å². The number of nitrogens with zero attached hydrogens (tertiary/aromatic N) is 1. The van der Waals surface area contributed by atoms with Gasteiger partial charge in [-0.2, -0.15) is 0 Å². The summed E-state index contributed by atoms with van der Waals surface area (Å²) < 4.78 is 13.5. The Kier molecular flexibility index (Phi) is 5.30. The normalized spacial score (nSPS) is 13.9. The van der Waals surface area contributed by atoms with Crippen LogP contribution in [0, 0.1) is 5.82 Å². The molecule has 0 aliphatic rings. The Morgan fingerprint density at radius 3 is 2.63 bits per heavy atom. The predicted molar refractivity (Wildman–Crippen MR) is 73.7 cm³/mol. The van der Waals surface area contributed by atoms with Gasteiger partial charge in [-0.05, 0) is 38.3 Å². The first-order valence-electron chi connectivity index (χ1n) is 6.32. The van der Waals surface area contributed by atoms with E-state index in [1.54, 1.807) is 18.2 Å². The van der Waals surface area contributed by atoms with E-state index in [0.717, 1.165) is 6.42 Å². The second-order valence-electron chi connectivity index (χ2n) is 5.05. The van der Waals surface area contributed by atoms with Crippen molar-refractivity contribution in [2.45, 2.75) is 31.7 Å². The van der Waals surface area contributed by atoms with Crippen molar-refractivity contribution < 1.29 is 14.3 Å². The van der Waals surface area contributed by atoms with Gasteiger partial charge < -0.3 is 15.7 Å². The van der Waals surface area contributed by atoms with Gasteiger partial charge in [0.05, 0.1) is 5.69 Å². The maximum Gasteiger partial charge on any atom is 0.323 e. The summed E-state index contributed by atoms with van der Waals surface area (Å²) in [6.07, 6.45) is 1.87. The molecule has 0 aliphatic heterocycles. The first kappa shape index (κ1) is 15.4. The number of carbonyl (C=O) groups is 1. The van der Waals surface area contributed by atoms with Crippen molar-refractivity contribution in [1.82, 2.24) is 0 Å². The number of rotatable bonds is 7. The van der Waals surface area contributed by atoms with Crippen LogP contribution in [0.15, 0.2) is 24.3 Å². The van der Waals surface area contributed by atoms with Crippen LogP contribution in [0.3, 0.4) is 0 Å². The zero-order chi connectivity index (χ0) is 14.5. The van der Waals surface area contributed by atoms with E-state index in [1.807, 2.05) is 11.9 Å². The molecule has 0 aliphatic carbocycles. The van der Waals surface area contributed by atoms with E-state index in [-0.39, 0.29) is 5.82 Å². The number of nitrogens with two attached hydrogens (primary N) is 1. The predicted octanol–water partition coefficient (Wildman–Crippen LogP) is 2.23. The number of hydrogen-bond donors (Lipinski definition) is 2. The second kappa shape index (κ2) is 6.52. The minimum absolute atomic E-state index is 0.251. The van der Waals surface area contributed by atoms with Crippen LogP contribution in [0.5, 0.6) is 0 Å². The molecule has 19 heavy (non-hydrogen) atoms. The van der Waals surface area contributed by atoms with Crippen molar-refractivity contribution in [3.8, 4) is 0 Å². The minimum Gasteiger partial charge on any atom is -0.480 e. The summed E-state index contributed by atoms with van der Waals surface area (Å²) in [5.74, 6) is -1.24. The fraction of sp³-hybridized carbons (Fsp3) is 0.500. The molecule has 4 nitrogen and oxygen atoms in total. The van der Waals surface area contributed by atoms with E-state index in [1.165, 1.54) is 13.0 Å². The molecule has 0 aromatic heterocycles. The van der Waals surface area contributed by atoms with Crippen molar-refractivity contribution in [2.24, 2.45) is 5.73 Å². The lowest BCUT2D eigenvalue weighted by molar-refractivity contribution is -0.142. The molecule has 1 atom stereocenters. The Balaban J connectivity index is 2.38. The molecule has 0 spiro atoms. The van der Waals surface area contributed by atoms with Gasteiger partial charge in [0, 0.05) is 13.6 Å². The summed E-state index contributed by atoms with van der Waals surface area (Å²) in [5, 5.41) is 8.88. The van der Waals surface area contributed by atoms with Crippen molar-refractivity contribution in [2.75, 3.05) is 18.5 Å². The number of anilines is 1. The Morgan fingerprint density at radius 2 is 2.05 bits per heavy atom. The first-order valence-corrected chi connectivity index (χ1v) is 6.32. The SMILES string of the molecule is CN(CCCCC(C)(N)C(=O)O)c1ccccc1F. The molecule has 0 saturated carbocycles. The molecule has 1 rings (SSSR count). The third-order valence-electron chi connectivity index (χ3n) is 3.19. The largest absolute Gasteiger partial charge is 0.480 e. The number of carboxylic acids is 1. The molecule has 1 unspecified atom stereocenters. The highest BCUT2D eigenvalue weighted by Gasteiger charge is 2.26. The Labute approximate surface area is 113 Å². The van der Waals surface area contributed by atoms with Crippen LogP contribution in [0.4, 0.5) is 10.1 Å². The Hall–Kier alpha value is -1.62. The number of hydrogen-bond acceptors (Lipinski definition) is 3. The number of benzene rings is 1. The van der Waals surface area contributed by atoms with Crippen LogP contribution in [-0.2, 0) is 4.79 Å². The Bertz CT molecular complexity index is 435. The Morgan fingerprint density at radius 1 is 1.42 bits per heavy atom. The number of para-hydroxylation sites is 1. The summed E-state index contributed by atoms with van der Waals surface area (Å²) in [7, 11) is 1.82. The molecule has 0 bridgehead atoms.